The lowest BCUT2D eigenvalue weighted by Gasteiger charge is -2.29. The SMILES string of the molecule is CS(=O)(=O)c1cncc(C(=O)N2[C@@H](C(=O)N[C@@H](c3ccc(C(F)(F)F)cc3F)C3CC3)C[C@H]3C[C@H]32)c1. The third-order valence-corrected chi connectivity index (χ3v) is 8.16. The number of pyridine rings is 1. The minimum absolute atomic E-state index is 0.0232. The highest BCUT2D eigenvalue weighted by atomic mass is 32.2. The molecule has 1 aliphatic heterocycles. The molecular formula is C24H23F4N3O4S. The van der Waals surface area contributed by atoms with Crippen LogP contribution in [0, 0.1) is 17.7 Å². The number of likely N-dealkylation sites (tertiary alicyclic amines) is 1. The van der Waals surface area contributed by atoms with E-state index in [1.54, 1.807) is 0 Å². The van der Waals surface area contributed by atoms with Crippen molar-refractivity contribution < 1.29 is 35.6 Å². The summed E-state index contributed by atoms with van der Waals surface area (Å²) in [4.78, 5) is 31.8. The third kappa shape index (κ3) is 4.70. The van der Waals surface area contributed by atoms with Gasteiger partial charge in [-0.2, -0.15) is 13.2 Å². The van der Waals surface area contributed by atoms with Crippen molar-refractivity contribution in [3.63, 3.8) is 0 Å². The Morgan fingerprint density at radius 1 is 1.14 bits per heavy atom. The van der Waals surface area contributed by atoms with Gasteiger partial charge in [-0.15, -0.1) is 0 Å². The molecule has 2 amide bonds. The highest BCUT2D eigenvalue weighted by Gasteiger charge is 2.56. The minimum Gasteiger partial charge on any atom is -0.347 e. The summed E-state index contributed by atoms with van der Waals surface area (Å²) in [6.45, 7) is 0. The van der Waals surface area contributed by atoms with Crippen LogP contribution >= 0.6 is 0 Å². The van der Waals surface area contributed by atoms with Crippen LogP contribution in [0.15, 0.2) is 41.6 Å². The highest BCUT2D eigenvalue weighted by molar-refractivity contribution is 7.90. The van der Waals surface area contributed by atoms with Crippen LogP contribution in [0.5, 0.6) is 0 Å². The van der Waals surface area contributed by atoms with Crippen LogP contribution in [0.3, 0.4) is 0 Å². The van der Waals surface area contributed by atoms with E-state index in [9.17, 15) is 35.6 Å². The number of alkyl halides is 3. The molecule has 0 radical (unpaired) electrons. The number of hydrogen-bond donors (Lipinski definition) is 1. The lowest BCUT2D eigenvalue weighted by atomic mass is 9.99. The number of rotatable bonds is 6. The number of carbonyl (C=O) groups is 2. The number of carbonyl (C=O) groups excluding carboxylic acids is 2. The Labute approximate surface area is 204 Å². The molecule has 36 heavy (non-hydrogen) atoms. The summed E-state index contributed by atoms with van der Waals surface area (Å²) in [5, 5.41) is 2.78. The third-order valence-electron chi connectivity index (χ3n) is 7.08. The average molecular weight is 526 g/mol. The molecule has 192 valence electrons. The summed E-state index contributed by atoms with van der Waals surface area (Å²) in [5.74, 6) is -2.08. The predicted molar refractivity (Wildman–Crippen MR) is 119 cm³/mol. The molecule has 1 saturated heterocycles. The fourth-order valence-electron chi connectivity index (χ4n) is 4.95. The highest BCUT2D eigenvalue weighted by Crippen LogP contribution is 2.49. The number of aromatic nitrogens is 1. The summed E-state index contributed by atoms with van der Waals surface area (Å²) in [7, 11) is -3.60. The molecule has 7 nitrogen and oxygen atoms in total. The van der Waals surface area contributed by atoms with E-state index in [1.165, 1.54) is 17.2 Å². The number of benzene rings is 1. The quantitative estimate of drug-likeness (QED) is 0.583. The number of nitrogens with one attached hydrogen (secondary N) is 1. The molecule has 3 aliphatic rings. The normalized spacial score (nSPS) is 24.2. The number of amides is 2. The first kappa shape index (κ1) is 24.7. The van der Waals surface area contributed by atoms with Crippen LogP contribution in [0.2, 0.25) is 0 Å². The van der Waals surface area contributed by atoms with Gasteiger partial charge in [0.05, 0.1) is 22.1 Å². The van der Waals surface area contributed by atoms with Crippen molar-refractivity contribution in [2.75, 3.05) is 6.26 Å². The van der Waals surface area contributed by atoms with Crippen molar-refractivity contribution in [3.05, 3.63) is 59.2 Å². The zero-order chi connectivity index (χ0) is 26.0. The monoisotopic (exact) mass is 525 g/mol. The Morgan fingerprint density at radius 3 is 2.47 bits per heavy atom. The van der Waals surface area contributed by atoms with Crippen LogP contribution in [-0.4, -0.2) is 48.5 Å². The van der Waals surface area contributed by atoms with Crippen LogP contribution in [-0.2, 0) is 20.8 Å². The summed E-state index contributed by atoms with van der Waals surface area (Å²) < 4.78 is 77.4. The lowest BCUT2D eigenvalue weighted by molar-refractivity contribution is -0.137. The maximum Gasteiger partial charge on any atom is 0.416 e. The summed E-state index contributed by atoms with van der Waals surface area (Å²) in [5.41, 5.74) is -1.09. The summed E-state index contributed by atoms with van der Waals surface area (Å²) in [6, 6.07) is 1.66. The van der Waals surface area contributed by atoms with E-state index in [1.807, 2.05) is 0 Å². The molecule has 1 aromatic heterocycles. The lowest BCUT2D eigenvalue weighted by Crippen LogP contribution is -2.49. The van der Waals surface area contributed by atoms with Gasteiger partial charge in [-0.3, -0.25) is 14.6 Å². The largest absolute Gasteiger partial charge is 0.416 e. The van der Waals surface area contributed by atoms with Crippen molar-refractivity contribution in [2.24, 2.45) is 11.8 Å². The topological polar surface area (TPSA) is 96.4 Å². The van der Waals surface area contributed by atoms with Gasteiger partial charge in [0.1, 0.15) is 11.9 Å². The van der Waals surface area contributed by atoms with E-state index < -0.39 is 51.3 Å². The predicted octanol–water partition coefficient (Wildman–Crippen LogP) is 3.51. The maximum absolute atomic E-state index is 14.7. The number of piperidine rings is 1. The Hall–Kier alpha value is -3.02. The number of sulfone groups is 1. The summed E-state index contributed by atoms with van der Waals surface area (Å²) >= 11 is 0. The number of nitrogens with zero attached hydrogens (tertiary/aromatic N) is 2. The fourth-order valence-corrected chi connectivity index (χ4v) is 5.55. The molecule has 2 aliphatic carbocycles. The van der Waals surface area contributed by atoms with Crippen molar-refractivity contribution in [1.82, 2.24) is 15.2 Å². The van der Waals surface area contributed by atoms with Crippen molar-refractivity contribution in [2.45, 2.75) is 54.9 Å². The Bertz CT molecular complexity index is 1340. The van der Waals surface area contributed by atoms with Gasteiger partial charge >= 0.3 is 6.18 Å². The van der Waals surface area contributed by atoms with E-state index in [2.05, 4.69) is 10.3 Å². The van der Waals surface area contributed by atoms with Gasteiger partial charge in [0.15, 0.2) is 9.84 Å². The Balaban J connectivity index is 1.38. The number of hydrogen-bond acceptors (Lipinski definition) is 5. The number of fused-ring (bicyclic) bond motifs is 1. The minimum atomic E-state index is -4.69. The van der Waals surface area contributed by atoms with Gasteiger partial charge in [-0.25, -0.2) is 12.8 Å². The second-order valence-corrected chi connectivity index (χ2v) is 11.8. The molecule has 0 spiro atoms. The van der Waals surface area contributed by atoms with E-state index >= 15 is 0 Å². The van der Waals surface area contributed by atoms with Crippen LogP contribution in [0.1, 0.15) is 53.2 Å². The second kappa shape index (κ2) is 8.53. The zero-order valence-corrected chi connectivity index (χ0v) is 19.9. The van der Waals surface area contributed by atoms with Gasteiger partial charge in [0.25, 0.3) is 5.91 Å². The van der Waals surface area contributed by atoms with Gasteiger partial charge in [-0.1, -0.05) is 6.07 Å². The summed E-state index contributed by atoms with van der Waals surface area (Å²) in [6.07, 6.45) is 1.18. The van der Waals surface area contributed by atoms with Crippen molar-refractivity contribution >= 4 is 21.7 Å². The molecule has 2 heterocycles. The molecule has 2 saturated carbocycles. The molecular weight excluding hydrogens is 502 g/mol. The first-order valence-electron chi connectivity index (χ1n) is 11.5. The van der Waals surface area contributed by atoms with Gasteiger partial charge in [0.2, 0.25) is 5.91 Å². The molecule has 5 rings (SSSR count). The van der Waals surface area contributed by atoms with Gasteiger partial charge < -0.3 is 10.2 Å². The van der Waals surface area contributed by atoms with Crippen LogP contribution in [0.4, 0.5) is 17.6 Å². The van der Waals surface area contributed by atoms with Crippen LogP contribution in [0.25, 0.3) is 0 Å². The fraction of sp³-hybridized carbons (Fsp3) is 0.458. The molecule has 4 atom stereocenters. The second-order valence-electron chi connectivity index (χ2n) is 9.77. The molecule has 0 bridgehead atoms. The molecule has 12 heteroatoms. The molecule has 0 unspecified atom stereocenters. The molecule has 3 fully saturated rings. The molecule has 2 aromatic rings. The standard InChI is InChI=1S/C24H23F4N3O4S/c1-36(34,35)16-6-14(10-29-11-16)23(33)31-19-7-13(19)8-20(31)22(32)30-21(12-2-3-12)17-5-4-15(9-18(17)25)24(26,27)28/h4-6,9-13,19-21H,2-3,7-8H2,1H3,(H,30,32)/t13-,19-,20-,21-/m1/s1. The van der Waals surface area contributed by atoms with E-state index in [0.29, 0.717) is 31.7 Å². The van der Waals surface area contributed by atoms with Crippen molar-refractivity contribution in [1.29, 1.82) is 0 Å². The Kier molecular flexibility index (Phi) is 5.85. The van der Waals surface area contributed by atoms with Gasteiger partial charge in [-0.05, 0) is 55.7 Å². The number of halogens is 4. The van der Waals surface area contributed by atoms with E-state index in [4.69, 9.17) is 0 Å². The van der Waals surface area contributed by atoms with E-state index in [0.717, 1.165) is 24.6 Å². The van der Waals surface area contributed by atoms with Crippen LogP contribution < -0.4 is 5.32 Å². The maximum atomic E-state index is 14.7. The van der Waals surface area contributed by atoms with E-state index in [-0.39, 0.29) is 33.9 Å². The molecule has 1 aromatic carbocycles. The average Bonchev–Trinajstić information content (AvgIpc) is 3.74. The Morgan fingerprint density at radius 2 is 1.86 bits per heavy atom. The molecule has 1 N–H and O–H groups in total. The first-order valence-corrected chi connectivity index (χ1v) is 13.4. The zero-order valence-electron chi connectivity index (χ0n) is 19.1. The smallest absolute Gasteiger partial charge is 0.347 e. The van der Waals surface area contributed by atoms with Crippen molar-refractivity contribution in [3.8, 4) is 0 Å². The first-order chi connectivity index (χ1) is 16.8. The van der Waals surface area contributed by atoms with Gasteiger partial charge in [0, 0.05) is 30.3 Å².